The number of likely N-dealkylation sites (N-methyl/N-ethyl adjacent to an activating group) is 1. The molecule has 0 heterocycles. The molecule has 0 radical (unpaired) electrons. The Morgan fingerprint density at radius 1 is 1.04 bits per heavy atom. The first-order chi connectivity index (χ1) is 11.5. The highest BCUT2D eigenvalue weighted by molar-refractivity contribution is 6.30. The van der Waals surface area contributed by atoms with Crippen LogP contribution in [-0.4, -0.2) is 29.8 Å². The van der Waals surface area contributed by atoms with Crippen molar-refractivity contribution in [3.63, 3.8) is 0 Å². The Kier molecular flexibility index (Phi) is 6.38. The van der Waals surface area contributed by atoms with Crippen LogP contribution in [0.2, 0.25) is 5.02 Å². The highest BCUT2D eigenvalue weighted by Crippen LogP contribution is 2.15. The summed E-state index contributed by atoms with van der Waals surface area (Å²) in [6.07, 6.45) is 0.260. The van der Waals surface area contributed by atoms with Gasteiger partial charge in [0.2, 0.25) is 11.8 Å². The van der Waals surface area contributed by atoms with E-state index in [9.17, 15) is 9.59 Å². The van der Waals surface area contributed by atoms with Crippen molar-refractivity contribution in [1.29, 1.82) is 0 Å². The van der Waals surface area contributed by atoms with Crippen LogP contribution in [0.4, 0.5) is 0 Å². The van der Waals surface area contributed by atoms with Crippen LogP contribution in [0.15, 0.2) is 54.6 Å². The topological polar surface area (TPSA) is 49.4 Å². The molecule has 0 fully saturated rings. The van der Waals surface area contributed by atoms with Crippen molar-refractivity contribution in [2.24, 2.45) is 0 Å². The van der Waals surface area contributed by atoms with Crippen LogP contribution < -0.4 is 5.32 Å². The van der Waals surface area contributed by atoms with Crippen LogP contribution in [-0.2, 0) is 22.6 Å². The summed E-state index contributed by atoms with van der Waals surface area (Å²) in [4.78, 5) is 26.4. The second-order valence-corrected chi connectivity index (χ2v) is 6.04. The van der Waals surface area contributed by atoms with Gasteiger partial charge >= 0.3 is 0 Å². The van der Waals surface area contributed by atoms with E-state index < -0.39 is 6.04 Å². The molecule has 0 aliphatic heterocycles. The van der Waals surface area contributed by atoms with Gasteiger partial charge in [0.05, 0.1) is 6.42 Å². The van der Waals surface area contributed by atoms with Crippen molar-refractivity contribution >= 4 is 23.4 Å². The quantitative estimate of drug-likeness (QED) is 0.875. The minimum absolute atomic E-state index is 0.0905. The molecule has 4 nitrogen and oxygen atoms in total. The van der Waals surface area contributed by atoms with Gasteiger partial charge in [0.15, 0.2) is 0 Å². The Balaban J connectivity index is 2.19. The van der Waals surface area contributed by atoms with Crippen LogP contribution in [0.3, 0.4) is 0 Å². The average Bonchev–Trinajstić information content (AvgIpc) is 2.60. The van der Waals surface area contributed by atoms with Crippen molar-refractivity contribution in [2.75, 3.05) is 7.05 Å². The monoisotopic (exact) mass is 344 g/mol. The van der Waals surface area contributed by atoms with Gasteiger partial charge in [-0.1, -0.05) is 54.1 Å². The van der Waals surface area contributed by atoms with Gasteiger partial charge in [0.1, 0.15) is 6.04 Å². The molecule has 126 valence electrons. The van der Waals surface area contributed by atoms with Crippen LogP contribution in [0, 0.1) is 0 Å². The Labute approximate surface area is 147 Å². The van der Waals surface area contributed by atoms with Gasteiger partial charge in [-0.15, -0.1) is 0 Å². The van der Waals surface area contributed by atoms with Crippen molar-refractivity contribution < 1.29 is 9.59 Å². The molecular formula is C19H21ClN2O2. The molecule has 1 unspecified atom stereocenters. The maximum Gasteiger partial charge on any atom is 0.242 e. The number of nitrogens with one attached hydrogen (secondary N) is 1. The third-order valence-corrected chi connectivity index (χ3v) is 4.13. The Hall–Kier alpha value is -2.33. The number of amides is 2. The fraction of sp³-hybridized carbons (Fsp3) is 0.263. The Morgan fingerprint density at radius 2 is 1.67 bits per heavy atom. The molecule has 2 aromatic carbocycles. The smallest absolute Gasteiger partial charge is 0.242 e. The lowest BCUT2D eigenvalue weighted by Crippen LogP contribution is -2.47. The second-order valence-electron chi connectivity index (χ2n) is 5.60. The van der Waals surface area contributed by atoms with E-state index in [1.165, 1.54) is 0 Å². The largest absolute Gasteiger partial charge is 0.357 e. The molecule has 0 aliphatic carbocycles. The van der Waals surface area contributed by atoms with Crippen LogP contribution in [0.25, 0.3) is 0 Å². The SMILES string of the molecule is CNC(=O)C(C)N(Cc1ccc(Cl)cc1)C(=O)Cc1ccccc1. The van der Waals surface area contributed by atoms with Crippen LogP contribution >= 0.6 is 11.6 Å². The number of hydrogen-bond donors (Lipinski definition) is 1. The van der Waals surface area contributed by atoms with E-state index in [1.807, 2.05) is 42.5 Å². The number of halogens is 1. The highest BCUT2D eigenvalue weighted by Gasteiger charge is 2.25. The minimum Gasteiger partial charge on any atom is -0.357 e. The standard InChI is InChI=1S/C19H21ClN2O2/c1-14(19(24)21-2)22(13-16-8-10-17(20)11-9-16)18(23)12-15-6-4-3-5-7-15/h3-11,14H,12-13H2,1-2H3,(H,21,24). The van der Waals surface area contributed by atoms with E-state index in [4.69, 9.17) is 11.6 Å². The molecule has 2 rings (SSSR count). The van der Waals surface area contributed by atoms with Crippen LogP contribution in [0.1, 0.15) is 18.1 Å². The van der Waals surface area contributed by atoms with Crippen molar-refractivity contribution in [2.45, 2.75) is 25.9 Å². The van der Waals surface area contributed by atoms with Gasteiger partial charge in [-0.2, -0.15) is 0 Å². The first-order valence-corrected chi connectivity index (χ1v) is 8.18. The Morgan fingerprint density at radius 3 is 2.25 bits per heavy atom. The molecule has 0 saturated heterocycles. The molecule has 1 N–H and O–H groups in total. The van der Waals surface area contributed by atoms with E-state index in [0.29, 0.717) is 11.6 Å². The number of carbonyl (C=O) groups is 2. The first kappa shape index (κ1) is 18.0. The van der Waals surface area contributed by atoms with E-state index in [-0.39, 0.29) is 18.2 Å². The first-order valence-electron chi connectivity index (χ1n) is 7.80. The lowest BCUT2D eigenvalue weighted by Gasteiger charge is -2.28. The van der Waals surface area contributed by atoms with Crippen molar-refractivity contribution in [1.82, 2.24) is 10.2 Å². The average molecular weight is 345 g/mol. The Bertz CT molecular complexity index is 686. The summed E-state index contributed by atoms with van der Waals surface area (Å²) >= 11 is 5.91. The van der Waals surface area contributed by atoms with Gasteiger partial charge in [0.25, 0.3) is 0 Å². The number of hydrogen-bond acceptors (Lipinski definition) is 2. The van der Waals surface area contributed by atoms with E-state index in [0.717, 1.165) is 11.1 Å². The summed E-state index contributed by atoms with van der Waals surface area (Å²) in [6, 6.07) is 16.2. The molecule has 0 aliphatic rings. The number of nitrogens with zero attached hydrogens (tertiary/aromatic N) is 1. The second kappa shape index (κ2) is 8.50. The predicted molar refractivity (Wildman–Crippen MR) is 95.7 cm³/mol. The molecular weight excluding hydrogens is 324 g/mol. The lowest BCUT2D eigenvalue weighted by atomic mass is 10.1. The van der Waals surface area contributed by atoms with E-state index in [2.05, 4.69) is 5.32 Å². The van der Waals surface area contributed by atoms with Gasteiger partial charge in [-0.05, 0) is 30.2 Å². The molecule has 2 aromatic rings. The van der Waals surface area contributed by atoms with Gasteiger partial charge in [0, 0.05) is 18.6 Å². The maximum atomic E-state index is 12.8. The number of benzene rings is 2. The normalized spacial score (nSPS) is 11.6. The van der Waals surface area contributed by atoms with Crippen LogP contribution in [0.5, 0.6) is 0 Å². The van der Waals surface area contributed by atoms with Gasteiger partial charge < -0.3 is 10.2 Å². The zero-order valence-electron chi connectivity index (χ0n) is 13.8. The van der Waals surface area contributed by atoms with Gasteiger partial charge in [-0.25, -0.2) is 0 Å². The number of rotatable bonds is 6. The highest BCUT2D eigenvalue weighted by atomic mass is 35.5. The zero-order valence-corrected chi connectivity index (χ0v) is 14.6. The summed E-state index contributed by atoms with van der Waals surface area (Å²) < 4.78 is 0. The number of carbonyl (C=O) groups excluding carboxylic acids is 2. The zero-order chi connectivity index (χ0) is 17.5. The summed E-state index contributed by atoms with van der Waals surface area (Å²) in [7, 11) is 1.57. The predicted octanol–water partition coefficient (Wildman–Crippen LogP) is 3.05. The molecule has 2 amide bonds. The maximum absolute atomic E-state index is 12.8. The summed E-state index contributed by atoms with van der Waals surface area (Å²) in [5.41, 5.74) is 1.85. The van der Waals surface area contributed by atoms with Crippen molar-refractivity contribution in [3.8, 4) is 0 Å². The molecule has 0 spiro atoms. The van der Waals surface area contributed by atoms with E-state index in [1.54, 1.807) is 31.0 Å². The summed E-state index contributed by atoms with van der Waals surface area (Å²) in [5.74, 6) is -0.280. The lowest BCUT2D eigenvalue weighted by molar-refractivity contribution is -0.139. The third kappa shape index (κ3) is 4.83. The minimum atomic E-state index is -0.554. The molecule has 0 aromatic heterocycles. The van der Waals surface area contributed by atoms with Crippen molar-refractivity contribution in [3.05, 3.63) is 70.7 Å². The molecule has 24 heavy (non-hydrogen) atoms. The third-order valence-electron chi connectivity index (χ3n) is 3.88. The summed E-state index contributed by atoms with van der Waals surface area (Å²) in [5, 5.41) is 3.24. The molecule has 0 saturated carbocycles. The fourth-order valence-electron chi connectivity index (χ4n) is 2.45. The fourth-order valence-corrected chi connectivity index (χ4v) is 2.58. The van der Waals surface area contributed by atoms with Gasteiger partial charge in [-0.3, -0.25) is 9.59 Å². The van der Waals surface area contributed by atoms with E-state index >= 15 is 0 Å². The summed E-state index contributed by atoms with van der Waals surface area (Å²) in [6.45, 7) is 2.09. The molecule has 1 atom stereocenters. The molecule has 0 bridgehead atoms. The molecule has 5 heteroatoms.